The lowest BCUT2D eigenvalue weighted by Gasteiger charge is -2.29. The largest absolute Gasteiger partial charge is 0.340 e. The van der Waals surface area contributed by atoms with Crippen molar-refractivity contribution in [3.63, 3.8) is 0 Å². The zero-order valence-corrected chi connectivity index (χ0v) is 14.6. The first-order valence-electron chi connectivity index (χ1n) is 8.17. The van der Waals surface area contributed by atoms with Gasteiger partial charge in [-0.25, -0.2) is 4.98 Å². The number of fused-ring (bicyclic) bond motifs is 3. The standard InChI is InChI=1S/C16H21N3OS2/c1-2-19-15(20)13-11-5-3-4-6-12(11)22-14(13)17-16(19)18-7-9-21-10-8-18/h2-10H2,1H3. The van der Waals surface area contributed by atoms with E-state index in [-0.39, 0.29) is 5.56 Å². The Morgan fingerprint density at radius 2 is 1.95 bits per heavy atom. The highest BCUT2D eigenvalue weighted by atomic mass is 32.2. The van der Waals surface area contributed by atoms with Gasteiger partial charge in [0.05, 0.1) is 5.39 Å². The summed E-state index contributed by atoms with van der Waals surface area (Å²) in [7, 11) is 0. The molecule has 118 valence electrons. The van der Waals surface area contributed by atoms with Crippen LogP contribution in [-0.4, -0.2) is 34.1 Å². The molecule has 0 aromatic carbocycles. The lowest BCUT2D eigenvalue weighted by Crippen LogP contribution is -2.38. The van der Waals surface area contributed by atoms with E-state index in [2.05, 4.69) is 11.8 Å². The number of hydrogen-bond acceptors (Lipinski definition) is 5. The number of aryl methyl sites for hydroxylation is 2. The van der Waals surface area contributed by atoms with Gasteiger partial charge in [0.2, 0.25) is 5.95 Å². The van der Waals surface area contributed by atoms with Crippen molar-refractivity contribution < 1.29 is 0 Å². The topological polar surface area (TPSA) is 38.1 Å². The van der Waals surface area contributed by atoms with Crippen LogP contribution < -0.4 is 10.5 Å². The highest BCUT2D eigenvalue weighted by Crippen LogP contribution is 2.34. The number of rotatable bonds is 2. The van der Waals surface area contributed by atoms with Crippen molar-refractivity contribution >= 4 is 39.3 Å². The molecule has 0 bridgehead atoms. The van der Waals surface area contributed by atoms with Crippen molar-refractivity contribution in [2.45, 2.75) is 39.2 Å². The fourth-order valence-electron chi connectivity index (χ4n) is 3.52. The molecule has 1 aliphatic heterocycles. The van der Waals surface area contributed by atoms with Gasteiger partial charge in [0.1, 0.15) is 4.83 Å². The van der Waals surface area contributed by atoms with Crippen LogP contribution in [0.3, 0.4) is 0 Å². The van der Waals surface area contributed by atoms with E-state index in [0.717, 1.165) is 53.6 Å². The molecule has 22 heavy (non-hydrogen) atoms. The van der Waals surface area contributed by atoms with Crippen molar-refractivity contribution in [2.75, 3.05) is 29.5 Å². The van der Waals surface area contributed by atoms with E-state index in [1.807, 2.05) is 16.3 Å². The van der Waals surface area contributed by atoms with E-state index < -0.39 is 0 Å². The Labute approximate surface area is 138 Å². The highest BCUT2D eigenvalue weighted by Gasteiger charge is 2.24. The number of thioether (sulfide) groups is 1. The van der Waals surface area contributed by atoms with Gasteiger partial charge in [-0.3, -0.25) is 9.36 Å². The summed E-state index contributed by atoms with van der Waals surface area (Å²) in [6.07, 6.45) is 4.63. The molecule has 1 saturated heterocycles. The summed E-state index contributed by atoms with van der Waals surface area (Å²) >= 11 is 3.74. The van der Waals surface area contributed by atoms with E-state index >= 15 is 0 Å². The molecule has 4 rings (SSSR count). The second-order valence-electron chi connectivity index (χ2n) is 5.95. The summed E-state index contributed by atoms with van der Waals surface area (Å²) < 4.78 is 1.89. The molecule has 2 aromatic rings. The number of nitrogens with zero attached hydrogens (tertiary/aromatic N) is 3. The monoisotopic (exact) mass is 335 g/mol. The first kappa shape index (κ1) is 14.6. The molecule has 0 unspecified atom stereocenters. The molecule has 2 aliphatic rings. The minimum absolute atomic E-state index is 0.181. The second kappa shape index (κ2) is 5.89. The maximum Gasteiger partial charge on any atom is 0.263 e. The number of thiophene rings is 1. The van der Waals surface area contributed by atoms with Crippen LogP contribution in [0.15, 0.2) is 4.79 Å². The molecule has 6 heteroatoms. The Morgan fingerprint density at radius 1 is 1.18 bits per heavy atom. The Balaban J connectivity index is 1.92. The molecule has 0 spiro atoms. The minimum atomic E-state index is 0.181. The van der Waals surface area contributed by atoms with E-state index in [9.17, 15) is 4.79 Å². The zero-order chi connectivity index (χ0) is 15.1. The van der Waals surface area contributed by atoms with Crippen LogP contribution in [0.4, 0.5) is 5.95 Å². The second-order valence-corrected chi connectivity index (χ2v) is 8.26. The summed E-state index contributed by atoms with van der Waals surface area (Å²) in [4.78, 5) is 22.6. The van der Waals surface area contributed by atoms with Gasteiger partial charge in [0, 0.05) is 36.0 Å². The summed E-state index contributed by atoms with van der Waals surface area (Å²) in [6, 6.07) is 0. The van der Waals surface area contributed by atoms with Crippen molar-refractivity contribution in [1.82, 2.24) is 9.55 Å². The molecule has 3 heterocycles. The fourth-order valence-corrected chi connectivity index (χ4v) is 5.67. The van der Waals surface area contributed by atoms with Crippen molar-refractivity contribution in [2.24, 2.45) is 0 Å². The predicted octanol–water partition coefficient (Wildman–Crippen LogP) is 2.91. The first-order valence-corrected chi connectivity index (χ1v) is 10.1. The van der Waals surface area contributed by atoms with Gasteiger partial charge < -0.3 is 4.90 Å². The molecular formula is C16H21N3OS2. The third kappa shape index (κ3) is 2.27. The average molecular weight is 335 g/mol. The molecule has 0 amide bonds. The van der Waals surface area contributed by atoms with Gasteiger partial charge in [-0.1, -0.05) is 0 Å². The summed E-state index contributed by atoms with van der Waals surface area (Å²) in [5.74, 6) is 3.14. The Morgan fingerprint density at radius 3 is 2.73 bits per heavy atom. The van der Waals surface area contributed by atoms with Crippen LogP contribution in [-0.2, 0) is 19.4 Å². The lowest BCUT2D eigenvalue weighted by molar-refractivity contribution is 0.673. The molecule has 1 fully saturated rings. The predicted molar refractivity (Wildman–Crippen MR) is 95.7 cm³/mol. The molecule has 0 N–H and O–H groups in total. The molecule has 0 radical (unpaired) electrons. The molecule has 0 atom stereocenters. The Kier molecular flexibility index (Phi) is 3.90. The molecule has 1 aliphatic carbocycles. The SMILES string of the molecule is CCn1c(N2CCSCC2)nc2sc3c(c2c1=O)CCCC3. The summed E-state index contributed by atoms with van der Waals surface area (Å²) in [6.45, 7) is 4.74. The highest BCUT2D eigenvalue weighted by molar-refractivity contribution is 7.99. The van der Waals surface area contributed by atoms with Gasteiger partial charge in [-0.2, -0.15) is 11.8 Å². The minimum Gasteiger partial charge on any atom is -0.340 e. The van der Waals surface area contributed by atoms with Crippen molar-refractivity contribution in [3.8, 4) is 0 Å². The Bertz CT molecular complexity index is 759. The van der Waals surface area contributed by atoms with Crippen LogP contribution in [0.1, 0.15) is 30.2 Å². The first-order chi connectivity index (χ1) is 10.8. The van der Waals surface area contributed by atoms with Gasteiger partial charge >= 0.3 is 0 Å². The normalized spacial score (nSPS) is 18.7. The van der Waals surface area contributed by atoms with Crippen LogP contribution in [0.25, 0.3) is 10.2 Å². The van der Waals surface area contributed by atoms with Gasteiger partial charge in [-0.15, -0.1) is 11.3 Å². The number of anilines is 1. The van der Waals surface area contributed by atoms with E-state index in [4.69, 9.17) is 4.98 Å². The van der Waals surface area contributed by atoms with Crippen LogP contribution in [0.2, 0.25) is 0 Å². The summed E-state index contributed by atoms with van der Waals surface area (Å²) in [5.41, 5.74) is 1.48. The van der Waals surface area contributed by atoms with Gasteiger partial charge in [-0.05, 0) is 38.2 Å². The van der Waals surface area contributed by atoms with Crippen LogP contribution in [0.5, 0.6) is 0 Å². The van der Waals surface area contributed by atoms with Crippen molar-refractivity contribution in [3.05, 3.63) is 20.8 Å². The third-order valence-corrected chi connectivity index (χ3v) is 6.79. The maximum atomic E-state index is 13.1. The van der Waals surface area contributed by atoms with Gasteiger partial charge in [0.15, 0.2) is 0 Å². The van der Waals surface area contributed by atoms with Gasteiger partial charge in [0.25, 0.3) is 5.56 Å². The number of hydrogen-bond donors (Lipinski definition) is 0. The smallest absolute Gasteiger partial charge is 0.263 e. The zero-order valence-electron chi connectivity index (χ0n) is 12.9. The van der Waals surface area contributed by atoms with Crippen LogP contribution >= 0.6 is 23.1 Å². The molecule has 2 aromatic heterocycles. The quantitative estimate of drug-likeness (QED) is 0.846. The lowest BCUT2D eigenvalue weighted by atomic mass is 9.97. The van der Waals surface area contributed by atoms with E-state index in [1.165, 1.54) is 23.3 Å². The molecule has 4 nitrogen and oxygen atoms in total. The van der Waals surface area contributed by atoms with E-state index in [0.29, 0.717) is 6.54 Å². The molecular weight excluding hydrogens is 314 g/mol. The fraction of sp³-hybridized carbons (Fsp3) is 0.625. The van der Waals surface area contributed by atoms with E-state index in [1.54, 1.807) is 11.3 Å². The maximum absolute atomic E-state index is 13.1. The Hall–Kier alpha value is -1.01. The summed E-state index contributed by atoms with van der Waals surface area (Å²) in [5, 5.41) is 0.914. The average Bonchev–Trinajstić information content (AvgIpc) is 2.94. The number of aromatic nitrogens is 2. The van der Waals surface area contributed by atoms with Crippen molar-refractivity contribution in [1.29, 1.82) is 0 Å². The van der Waals surface area contributed by atoms with Crippen LogP contribution in [0, 0.1) is 0 Å². The molecule has 0 saturated carbocycles. The third-order valence-electron chi connectivity index (χ3n) is 4.66.